The first-order chi connectivity index (χ1) is 22.2. The smallest absolute Gasteiger partial charge is 0.245 e. The lowest BCUT2D eigenvalue weighted by Gasteiger charge is -2.42. The molecule has 0 saturated carbocycles. The molecule has 8 heteroatoms. The maximum atomic E-state index is 14.3. The Labute approximate surface area is 283 Å². The zero-order chi connectivity index (χ0) is 32.4. The molecule has 1 N–H and O–H groups in total. The Morgan fingerprint density at radius 2 is 1.48 bits per heavy atom. The molecule has 3 aromatic rings. The molecule has 0 aromatic heterocycles. The van der Waals surface area contributed by atoms with Crippen LogP contribution in [0.4, 0.5) is 0 Å². The molecule has 2 unspecified atom stereocenters. The third-order valence-corrected chi connectivity index (χ3v) is 11.0. The number of likely N-dealkylation sites (N-methyl/N-ethyl adjacent to an activating group) is 1. The van der Waals surface area contributed by atoms with Crippen molar-refractivity contribution in [3.05, 3.63) is 116 Å². The van der Waals surface area contributed by atoms with E-state index in [9.17, 15) is 9.59 Å². The van der Waals surface area contributed by atoms with Crippen LogP contribution in [-0.4, -0.2) is 78.4 Å². The van der Waals surface area contributed by atoms with Crippen molar-refractivity contribution in [2.75, 3.05) is 45.8 Å². The molecule has 2 aliphatic carbocycles. The minimum Gasteiger partial charge on any atom is -0.343 e. The van der Waals surface area contributed by atoms with Crippen molar-refractivity contribution in [3.63, 3.8) is 0 Å². The van der Waals surface area contributed by atoms with Gasteiger partial charge in [-0.15, -0.1) is 0 Å². The summed E-state index contributed by atoms with van der Waals surface area (Å²) in [7, 11) is 0. The molecule has 0 spiro atoms. The molecular formula is C38H44Cl2N4O2. The van der Waals surface area contributed by atoms with Crippen LogP contribution in [0.15, 0.2) is 83.9 Å². The fourth-order valence-electron chi connectivity index (χ4n) is 7.47. The highest BCUT2D eigenvalue weighted by atomic mass is 35.5. The molecule has 3 aliphatic rings. The van der Waals surface area contributed by atoms with Crippen molar-refractivity contribution in [2.45, 2.75) is 52.1 Å². The summed E-state index contributed by atoms with van der Waals surface area (Å²) < 4.78 is 0. The number of nitrogens with zero attached hydrogens (tertiary/aromatic N) is 3. The summed E-state index contributed by atoms with van der Waals surface area (Å²) in [6.45, 7) is 12.1. The van der Waals surface area contributed by atoms with Gasteiger partial charge in [-0.1, -0.05) is 91.2 Å². The second-order valence-corrected chi connectivity index (χ2v) is 13.8. The highest BCUT2D eigenvalue weighted by molar-refractivity contribution is 6.30. The predicted molar refractivity (Wildman–Crippen MR) is 186 cm³/mol. The van der Waals surface area contributed by atoms with E-state index >= 15 is 0 Å². The standard InChI is InChI=1S/C38H44Cl2N4O2/c1-4-42(5-2)25-35(28-12-16-32(40)17-13-28)43-18-20-44(21-19-43)36(45)34(22-27-10-14-31(39)15-11-27)41-37(46)38-24-30-9-7-6-8-29(30)23-33(38)26(38)3/h6-17,34-35H,4-5,18-25H2,1-3H3,(H,41,46)/t34-,35?,38?/m1/s1. The van der Waals surface area contributed by atoms with Crippen LogP contribution in [0.3, 0.4) is 0 Å². The van der Waals surface area contributed by atoms with E-state index in [1.807, 2.05) is 47.4 Å². The zero-order valence-corrected chi connectivity index (χ0v) is 28.6. The van der Waals surface area contributed by atoms with E-state index in [0.717, 1.165) is 55.3 Å². The molecule has 1 saturated heterocycles. The van der Waals surface area contributed by atoms with Gasteiger partial charge in [0.15, 0.2) is 0 Å². The van der Waals surface area contributed by atoms with E-state index in [0.29, 0.717) is 31.0 Å². The number of hydrogen-bond acceptors (Lipinski definition) is 4. The van der Waals surface area contributed by atoms with E-state index in [2.05, 4.69) is 66.2 Å². The Kier molecular flexibility index (Phi) is 9.91. The monoisotopic (exact) mass is 658 g/mol. The summed E-state index contributed by atoms with van der Waals surface area (Å²) in [5.41, 5.74) is 6.46. The molecule has 6 nitrogen and oxygen atoms in total. The van der Waals surface area contributed by atoms with Gasteiger partial charge in [0, 0.05) is 55.2 Å². The average molecular weight is 660 g/mol. The number of piperazine rings is 1. The molecule has 1 heterocycles. The Bertz CT molecular complexity index is 1590. The molecule has 0 radical (unpaired) electrons. The molecule has 6 rings (SSSR count). The van der Waals surface area contributed by atoms with Gasteiger partial charge in [-0.3, -0.25) is 14.5 Å². The quantitative estimate of drug-likeness (QED) is 0.244. The van der Waals surface area contributed by atoms with Crippen molar-refractivity contribution in [1.29, 1.82) is 0 Å². The average Bonchev–Trinajstić information content (AvgIpc) is 3.68. The van der Waals surface area contributed by atoms with Crippen LogP contribution in [0.25, 0.3) is 0 Å². The maximum absolute atomic E-state index is 14.3. The van der Waals surface area contributed by atoms with E-state index in [4.69, 9.17) is 23.2 Å². The molecule has 46 heavy (non-hydrogen) atoms. The third kappa shape index (κ3) is 6.64. The first-order valence-corrected chi connectivity index (χ1v) is 17.3. The van der Waals surface area contributed by atoms with Gasteiger partial charge in [0.05, 0.1) is 5.41 Å². The molecule has 3 atom stereocenters. The summed E-state index contributed by atoms with van der Waals surface area (Å²) in [5, 5.41) is 4.64. The van der Waals surface area contributed by atoms with Gasteiger partial charge in [0.25, 0.3) is 0 Å². The summed E-state index contributed by atoms with van der Waals surface area (Å²) in [6, 6.07) is 23.7. The second kappa shape index (κ2) is 13.9. The molecular weight excluding hydrogens is 615 g/mol. The minimum atomic E-state index is -0.663. The van der Waals surface area contributed by atoms with Crippen LogP contribution in [-0.2, 0) is 28.9 Å². The number of halogens is 2. The number of hydrogen-bond donors (Lipinski definition) is 1. The number of nitrogens with one attached hydrogen (secondary N) is 1. The summed E-state index contributed by atoms with van der Waals surface area (Å²) in [5.74, 6) is -0.0790. The lowest BCUT2D eigenvalue weighted by atomic mass is 9.80. The van der Waals surface area contributed by atoms with Gasteiger partial charge in [0.2, 0.25) is 11.8 Å². The maximum Gasteiger partial charge on any atom is 0.245 e. The number of amides is 2. The van der Waals surface area contributed by atoms with Crippen molar-refractivity contribution in [1.82, 2.24) is 20.0 Å². The van der Waals surface area contributed by atoms with Gasteiger partial charge in [-0.05, 0) is 84.9 Å². The first-order valence-electron chi connectivity index (χ1n) is 16.6. The Morgan fingerprint density at radius 3 is 2.11 bits per heavy atom. The van der Waals surface area contributed by atoms with Gasteiger partial charge in [-0.2, -0.15) is 0 Å². The van der Waals surface area contributed by atoms with E-state index < -0.39 is 11.5 Å². The third-order valence-electron chi connectivity index (χ3n) is 10.5. The van der Waals surface area contributed by atoms with Crippen LogP contribution in [0.5, 0.6) is 0 Å². The molecule has 3 aromatic carbocycles. The molecule has 242 valence electrons. The fourth-order valence-corrected chi connectivity index (χ4v) is 7.72. The van der Waals surface area contributed by atoms with E-state index in [1.165, 1.54) is 22.3 Å². The van der Waals surface area contributed by atoms with Crippen LogP contribution in [0, 0.1) is 5.41 Å². The molecule has 2 amide bonds. The fraction of sp³-hybridized carbons (Fsp3) is 0.421. The number of carbonyl (C=O) groups excluding carboxylic acids is 2. The Balaban J connectivity index is 1.18. The van der Waals surface area contributed by atoms with Gasteiger partial charge in [0.1, 0.15) is 6.04 Å². The highest BCUT2D eigenvalue weighted by Crippen LogP contribution is 2.59. The van der Waals surface area contributed by atoms with Crippen LogP contribution >= 0.6 is 23.2 Å². The minimum absolute atomic E-state index is 0.0257. The largest absolute Gasteiger partial charge is 0.343 e. The van der Waals surface area contributed by atoms with Crippen LogP contribution in [0.1, 0.15) is 49.1 Å². The lowest BCUT2D eigenvalue weighted by Crippen LogP contribution is -2.57. The second-order valence-electron chi connectivity index (χ2n) is 12.9. The summed E-state index contributed by atoms with van der Waals surface area (Å²) in [6.07, 6.45) is 1.88. The van der Waals surface area contributed by atoms with Gasteiger partial charge < -0.3 is 15.1 Å². The van der Waals surface area contributed by atoms with Crippen LogP contribution in [0.2, 0.25) is 10.0 Å². The molecule has 1 fully saturated rings. The SMILES string of the molecule is CCN(CC)CC(c1ccc(Cl)cc1)N1CCN(C(=O)[C@@H](Cc2ccc(Cl)cc2)NC(=O)C23Cc4ccccc4CC2=C3C)CC1. The van der Waals surface area contributed by atoms with Crippen molar-refractivity contribution in [2.24, 2.45) is 5.41 Å². The van der Waals surface area contributed by atoms with E-state index in [-0.39, 0.29) is 17.9 Å². The summed E-state index contributed by atoms with van der Waals surface area (Å²) in [4.78, 5) is 35.3. The Morgan fingerprint density at radius 1 is 0.870 bits per heavy atom. The Hall–Kier alpha value is -3.16. The topological polar surface area (TPSA) is 55.9 Å². The predicted octanol–water partition coefficient (Wildman–Crippen LogP) is 6.36. The van der Waals surface area contributed by atoms with Crippen molar-refractivity contribution < 1.29 is 9.59 Å². The number of fused-ring (bicyclic) bond motifs is 2. The zero-order valence-electron chi connectivity index (χ0n) is 27.1. The lowest BCUT2D eigenvalue weighted by molar-refractivity contribution is -0.139. The normalized spacial score (nSPS) is 20.6. The molecule has 1 aliphatic heterocycles. The van der Waals surface area contributed by atoms with Crippen LogP contribution < -0.4 is 5.32 Å². The van der Waals surface area contributed by atoms with Crippen molar-refractivity contribution >= 4 is 35.0 Å². The van der Waals surface area contributed by atoms with Gasteiger partial charge >= 0.3 is 0 Å². The number of rotatable bonds is 11. The van der Waals surface area contributed by atoms with Crippen molar-refractivity contribution in [3.8, 4) is 0 Å². The van der Waals surface area contributed by atoms with Gasteiger partial charge in [-0.25, -0.2) is 0 Å². The first kappa shape index (κ1) is 32.8. The number of benzene rings is 3. The molecule has 0 bridgehead atoms. The number of carbonyl (C=O) groups is 2. The highest BCUT2D eigenvalue weighted by Gasteiger charge is 2.58. The summed E-state index contributed by atoms with van der Waals surface area (Å²) >= 11 is 12.4. The van der Waals surface area contributed by atoms with E-state index in [1.54, 1.807) is 0 Å².